The van der Waals surface area contributed by atoms with E-state index in [1.54, 1.807) is 12.4 Å². The van der Waals surface area contributed by atoms with E-state index in [2.05, 4.69) is 14.5 Å². The number of likely N-dealkylation sites (tertiary alicyclic amines) is 1. The maximum absolute atomic E-state index is 13.0. The van der Waals surface area contributed by atoms with Gasteiger partial charge in [0, 0.05) is 42.6 Å². The van der Waals surface area contributed by atoms with E-state index in [0.717, 1.165) is 42.4 Å². The second kappa shape index (κ2) is 5.83. The highest BCUT2D eigenvalue weighted by Crippen LogP contribution is 2.24. The van der Waals surface area contributed by atoms with Gasteiger partial charge in [0.2, 0.25) is 0 Å². The molecule has 3 aromatic rings. The van der Waals surface area contributed by atoms with Crippen LogP contribution >= 0.6 is 0 Å². The summed E-state index contributed by atoms with van der Waals surface area (Å²) in [5.41, 5.74) is 1.60. The van der Waals surface area contributed by atoms with E-state index in [1.165, 1.54) is 0 Å². The van der Waals surface area contributed by atoms with Crippen molar-refractivity contribution in [2.24, 2.45) is 0 Å². The van der Waals surface area contributed by atoms with Crippen molar-refractivity contribution in [1.82, 2.24) is 19.4 Å². The summed E-state index contributed by atoms with van der Waals surface area (Å²) in [4.78, 5) is 23.4. The first-order valence-corrected chi connectivity index (χ1v) is 7.93. The molecule has 0 saturated carbocycles. The second-order valence-electron chi connectivity index (χ2n) is 5.93. The van der Waals surface area contributed by atoms with Gasteiger partial charge in [0.1, 0.15) is 0 Å². The molecule has 0 bridgehead atoms. The van der Waals surface area contributed by atoms with E-state index in [-0.39, 0.29) is 5.91 Å². The SMILES string of the molecule is O=C(c1cccc2ncccc12)N1CCC[C@H](n2ccnc2)C1. The lowest BCUT2D eigenvalue weighted by atomic mass is 10.0. The van der Waals surface area contributed by atoms with Gasteiger partial charge in [-0.05, 0) is 31.0 Å². The minimum atomic E-state index is 0.0911. The van der Waals surface area contributed by atoms with Crippen LogP contribution in [0.5, 0.6) is 0 Å². The highest BCUT2D eigenvalue weighted by Gasteiger charge is 2.26. The van der Waals surface area contributed by atoms with Gasteiger partial charge in [-0.15, -0.1) is 0 Å². The van der Waals surface area contributed by atoms with Gasteiger partial charge in [-0.1, -0.05) is 12.1 Å². The summed E-state index contributed by atoms with van der Waals surface area (Å²) in [6.45, 7) is 1.53. The fraction of sp³-hybridized carbons (Fsp3) is 0.278. The smallest absolute Gasteiger partial charge is 0.254 e. The zero-order valence-electron chi connectivity index (χ0n) is 12.8. The zero-order chi connectivity index (χ0) is 15.6. The number of rotatable bonds is 2. The number of fused-ring (bicyclic) bond motifs is 1. The van der Waals surface area contributed by atoms with Crippen LogP contribution in [0.3, 0.4) is 0 Å². The summed E-state index contributed by atoms with van der Waals surface area (Å²) < 4.78 is 2.10. The first-order valence-electron chi connectivity index (χ1n) is 7.93. The molecule has 116 valence electrons. The van der Waals surface area contributed by atoms with Crippen LogP contribution in [0, 0.1) is 0 Å². The Morgan fingerprint density at radius 3 is 3.00 bits per heavy atom. The third-order valence-electron chi connectivity index (χ3n) is 4.51. The Labute approximate surface area is 134 Å². The van der Waals surface area contributed by atoms with Crippen molar-refractivity contribution in [2.45, 2.75) is 18.9 Å². The lowest BCUT2D eigenvalue weighted by molar-refractivity contribution is 0.0681. The predicted octanol–water partition coefficient (Wildman–Crippen LogP) is 2.91. The fourth-order valence-electron chi connectivity index (χ4n) is 3.33. The van der Waals surface area contributed by atoms with E-state index in [4.69, 9.17) is 0 Å². The number of piperidine rings is 1. The molecule has 1 aliphatic heterocycles. The number of hydrogen-bond donors (Lipinski definition) is 0. The van der Waals surface area contributed by atoms with Crippen LogP contribution in [-0.4, -0.2) is 38.4 Å². The van der Waals surface area contributed by atoms with Gasteiger partial charge in [0.05, 0.1) is 17.9 Å². The van der Waals surface area contributed by atoms with Gasteiger partial charge < -0.3 is 9.47 Å². The molecule has 1 saturated heterocycles. The number of carbonyl (C=O) groups is 1. The Bertz CT molecular complexity index is 823. The zero-order valence-corrected chi connectivity index (χ0v) is 12.8. The molecular formula is C18H18N4O. The van der Waals surface area contributed by atoms with Crippen molar-refractivity contribution in [2.75, 3.05) is 13.1 Å². The van der Waals surface area contributed by atoms with Crippen LogP contribution in [0.15, 0.2) is 55.2 Å². The topological polar surface area (TPSA) is 51.0 Å². The number of aromatic nitrogens is 3. The molecule has 23 heavy (non-hydrogen) atoms. The summed E-state index contributed by atoms with van der Waals surface area (Å²) in [5.74, 6) is 0.0911. The molecule has 1 aliphatic rings. The quantitative estimate of drug-likeness (QED) is 0.731. The maximum atomic E-state index is 13.0. The molecule has 0 radical (unpaired) electrons. The molecule has 1 aromatic carbocycles. The molecule has 0 spiro atoms. The number of benzene rings is 1. The van der Waals surface area contributed by atoms with E-state index in [1.807, 2.05) is 47.8 Å². The minimum Gasteiger partial charge on any atom is -0.337 e. The van der Waals surface area contributed by atoms with Crippen molar-refractivity contribution in [1.29, 1.82) is 0 Å². The standard InChI is InChI=1S/C18H18N4O/c23-18(16-5-1-7-17-15(16)6-2-8-20-17)21-10-3-4-14(12-21)22-11-9-19-13-22/h1-2,5-9,11,13-14H,3-4,10,12H2/t14-/m0/s1. The molecule has 3 heterocycles. The summed E-state index contributed by atoms with van der Waals surface area (Å²) in [6.07, 6.45) is 9.44. The number of amides is 1. The average molecular weight is 306 g/mol. The van der Waals surface area contributed by atoms with Gasteiger partial charge in [-0.3, -0.25) is 9.78 Å². The Kier molecular flexibility index (Phi) is 3.54. The molecule has 0 N–H and O–H groups in total. The van der Waals surface area contributed by atoms with Crippen molar-refractivity contribution in [3.63, 3.8) is 0 Å². The van der Waals surface area contributed by atoms with Gasteiger partial charge in [0.25, 0.3) is 5.91 Å². The van der Waals surface area contributed by atoms with Crippen LogP contribution in [-0.2, 0) is 0 Å². The fourth-order valence-corrected chi connectivity index (χ4v) is 3.33. The molecule has 5 nitrogen and oxygen atoms in total. The van der Waals surface area contributed by atoms with E-state index >= 15 is 0 Å². The molecule has 5 heteroatoms. The Hall–Kier alpha value is -2.69. The third kappa shape index (κ3) is 2.59. The molecule has 1 fully saturated rings. The van der Waals surface area contributed by atoms with Crippen LogP contribution in [0.4, 0.5) is 0 Å². The van der Waals surface area contributed by atoms with Gasteiger partial charge in [-0.25, -0.2) is 4.98 Å². The highest BCUT2D eigenvalue weighted by atomic mass is 16.2. The Morgan fingerprint density at radius 2 is 2.13 bits per heavy atom. The van der Waals surface area contributed by atoms with Crippen LogP contribution in [0.25, 0.3) is 10.9 Å². The molecule has 1 atom stereocenters. The monoisotopic (exact) mass is 306 g/mol. The molecule has 0 unspecified atom stereocenters. The third-order valence-corrected chi connectivity index (χ3v) is 4.51. The first kappa shape index (κ1) is 13.9. The first-order chi connectivity index (χ1) is 11.3. The van der Waals surface area contributed by atoms with E-state index < -0.39 is 0 Å². The summed E-state index contributed by atoms with van der Waals surface area (Å²) in [5, 5.41) is 0.921. The average Bonchev–Trinajstić information content (AvgIpc) is 3.15. The Morgan fingerprint density at radius 1 is 1.17 bits per heavy atom. The van der Waals surface area contributed by atoms with Crippen LogP contribution < -0.4 is 0 Å². The Balaban J connectivity index is 1.63. The molecular weight excluding hydrogens is 288 g/mol. The van der Waals surface area contributed by atoms with Gasteiger partial charge in [0.15, 0.2) is 0 Å². The van der Waals surface area contributed by atoms with Gasteiger partial charge in [-0.2, -0.15) is 0 Å². The number of hydrogen-bond acceptors (Lipinski definition) is 3. The van der Waals surface area contributed by atoms with Crippen molar-refractivity contribution >= 4 is 16.8 Å². The second-order valence-corrected chi connectivity index (χ2v) is 5.93. The number of carbonyl (C=O) groups excluding carboxylic acids is 1. The number of imidazole rings is 1. The lowest BCUT2D eigenvalue weighted by Gasteiger charge is -2.33. The molecule has 2 aromatic heterocycles. The van der Waals surface area contributed by atoms with Crippen LogP contribution in [0.2, 0.25) is 0 Å². The number of pyridine rings is 1. The lowest BCUT2D eigenvalue weighted by Crippen LogP contribution is -2.40. The van der Waals surface area contributed by atoms with E-state index in [0.29, 0.717) is 6.04 Å². The molecule has 0 aliphatic carbocycles. The summed E-state index contributed by atoms with van der Waals surface area (Å²) in [7, 11) is 0. The van der Waals surface area contributed by atoms with Crippen LogP contribution in [0.1, 0.15) is 29.2 Å². The summed E-state index contributed by atoms with van der Waals surface area (Å²) >= 11 is 0. The normalized spacial score (nSPS) is 18.3. The maximum Gasteiger partial charge on any atom is 0.254 e. The van der Waals surface area contributed by atoms with Crippen molar-refractivity contribution in [3.05, 3.63) is 60.8 Å². The summed E-state index contributed by atoms with van der Waals surface area (Å²) in [6, 6.07) is 9.89. The predicted molar refractivity (Wildman–Crippen MR) is 88.1 cm³/mol. The highest BCUT2D eigenvalue weighted by molar-refractivity contribution is 6.06. The minimum absolute atomic E-state index is 0.0911. The van der Waals surface area contributed by atoms with Gasteiger partial charge >= 0.3 is 0 Å². The molecule has 4 rings (SSSR count). The largest absolute Gasteiger partial charge is 0.337 e. The molecule has 1 amide bonds. The van der Waals surface area contributed by atoms with E-state index in [9.17, 15) is 4.79 Å². The van der Waals surface area contributed by atoms with Crippen molar-refractivity contribution in [3.8, 4) is 0 Å². The number of nitrogens with zero attached hydrogens (tertiary/aromatic N) is 4. The van der Waals surface area contributed by atoms with Crippen molar-refractivity contribution < 1.29 is 4.79 Å².